The Hall–Kier alpha value is -3.28. The van der Waals surface area contributed by atoms with E-state index in [9.17, 15) is 9.59 Å². The minimum atomic E-state index is -0.0505. The molecule has 4 rings (SSSR count). The molecule has 0 atom stereocenters. The van der Waals surface area contributed by atoms with Crippen molar-refractivity contribution in [2.75, 3.05) is 25.0 Å². The lowest BCUT2D eigenvalue weighted by Crippen LogP contribution is -2.46. The highest BCUT2D eigenvalue weighted by Gasteiger charge is 2.27. The van der Waals surface area contributed by atoms with E-state index in [-0.39, 0.29) is 17.9 Å². The second kappa shape index (κ2) is 8.82. The number of nitrogens with zero attached hydrogens (tertiary/aromatic N) is 1. The second-order valence-corrected chi connectivity index (χ2v) is 7.46. The van der Waals surface area contributed by atoms with Gasteiger partial charge in [-0.3, -0.25) is 4.79 Å². The van der Waals surface area contributed by atoms with Gasteiger partial charge in [-0.25, -0.2) is 4.79 Å². The van der Waals surface area contributed by atoms with E-state index in [0.717, 1.165) is 17.6 Å². The summed E-state index contributed by atoms with van der Waals surface area (Å²) in [4.78, 5) is 30.0. The lowest BCUT2D eigenvalue weighted by atomic mass is 9.96. The number of aromatic amines is 1. The zero-order valence-electron chi connectivity index (χ0n) is 16.4. The Labute approximate surface area is 170 Å². The topological polar surface area (TPSA) is 77.2 Å². The number of aromatic nitrogens is 1. The van der Waals surface area contributed by atoms with Crippen LogP contribution in [0, 0.1) is 5.92 Å². The number of rotatable bonds is 5. The SMILES string of the molecule is O=C(Nc1ccccc1)C1CCN(C(=O)NCCc2c[nH]c3ccccc23)CC1. The summed E-state index contributed by atoms with van der Waals surface area (Å²) in [6, 6.07) is 17.6. The number of hydrogen-bond acceptors (Lipinski definition) is 2. The first kappa shape index (κ1) is 19.1. The number of piperidine rings is 1. The number of carbonyl (C=O) groups is 2. The number of carbonyl (C=O) groups excluding carboxylic acids is 2. The van der Waals surface area contributed by atoms with Crippen LogP contribution in [0.15, 0.2) is 60.8 Å². The summed E-state index contributed by atoms with van der Waals surface area (Å²) >= 11 is 0. The van der Waals surface area contributed by atoms with E-state index < -0.39 is 0 Å². The normalized spacial score (nSPS) is 14.7. The summed E-state index contributed by atoms with van der Waals surface area (Å²) in [5.74, 6) is -0.0129. The van der Waals surface area contributed by atoms with E-state index in [4.69, 9.17) is 0 Å². The molecule has 0 radical (unpaired) electrons. The van der Waals surface area contributed by atoms with E-state index in [1.165, 1.54) is 10.9 Å². The molecule has 1 aliphatic rings. The summed E-state index contributed by atoms with van der Waals surface area (Å²) in [7, 11) is 0. The molecular weight excluding hydrogens is 364 g/mol. The van der Waals surface area contributed by atoms with E-state index in [1.54, 1.807) is 0 Å². The van der Waals surface area contributed by atoms with Crippen molar-refractivity contribution in [1.29, 1.82) is 0 Å². The van der Waals surface area contributed by atoms with Crippen LogP contribution >= 0.6 is 0 Å². The van der Waals surface area contributed by atoms with Gasteiger partial charge >= 0.3 is 6.03 Å². The van der Waals surface area contributed by atoms with Gasteiger partial charge < -0.3 is 20.5 Å². The molecule has 0 spiro atoms. The monoisotopic (exact) mass is 390 g/mol. The number of urea groups is 1. The Morgan fingerprint density at radius 2 is 1.72 bits per heavy atom. The molecule has 0 saturated carbocycles. The molecular formula is C23H26N4O2. The smallest absolute Gasteiger partial charge is 0.317 e. The average molecular weight is 390 g/mol. The van der Waals surface area contributed by atoms with Crippen molar-refractivity contribution in [1.82, 2.24) is 15.2 Å². The third-order valence-corrected chi connectivity index (χ3v) is 5.54. The van der Waals surface area contributed by atoms with Crippen molar-refractivity contribution in [2.45, 2.75) is 19.3 Å². The first-order valence-corrected chi connectivity index (χ1v) is 10.1. The van der Waals surface area contributed by atoms with Crippen LogP contribution < -0.4 is 10.6 Å². The van der Waals surface area contributed by atoms with Crippen molar-refractivity contribution >= 4 is 28.5 Å². The largest absolute Gasteiger partial charge is 0.361 e. The first-order valence-electron chi connectivity index (χ1n) is 10.1. The third-order valence-electron chi connectivity index (χ3n) is 5.54. The van der Waals surface area contributed by atoms with Crippen LogP contribution in [0.3, 0.4) is 0 Å². The Morgan fingerprint density at radius 1 is 1.00 bits per heavy atom. The van der Waals surface area contributed by atoms with Crippen LogP contribution in [-0.2, 0) is 11.2 Å². The fraction of sp³-hybridized carbons (Fsp3) is 0.304. The Balaban J connectivity index is 1.21. The molecule has 2 aromatic carbocycles. The number of para-hydroxylation sites is 2. The van der Waals surface area contributed by atoms with Crippen LogP contribution in [-0.4, -0.2) is 41.5 Å². The minimum Gasteiger partial charge on any atom is -0.361 e. The molecule has 3 aromatic rings. The number of hydrogen-bond donors (Lipinski definition) is 3. The first-order chi connectivity index (χ1) is 14.2. The summed E-state index contributed by atoms with van der Waals surface area (Å²) < 4.78 is 0. The van der Waals surface area contributed by atoms with Gasteiger partial charge in [0, 0.05) is 48.3 Å². The molecule has 29 heavy (non-hydrogen) atoms. The number of H-pyrrole nitrogens is 1. The Morgan fingerprint density at radius 3 is 2.52 bits per heavy atom. The minimum absolute atomic E-state index is 0.0376. The lowest BCUT2D eigenvalue weighted by Gasteiger charge is -2.31. The van der Waals surface area contributed by atoms with Crippen LogP contribution in [0.4, 0.5) is 10.5 Å². The highest BCUT2D eigenvalue weighted by Crippen LogP contribution is 2.20. The molecule has 1 aliphatic heterocycles. The third kappa shape index (κ3) is 4.59. The quantitative estimate of drug-likeness (QED) is 0.620. The van der Waals surface area contributed by atoms with Crippen molar-refractivity contribution in [2.24, 2.45) is 5.92 Å². The molecule has 3 N–H and O–H groups in total. The maximum Gasteiger partial charge on any atom is 0.317 e. The molecule has 1 aromatic heterocycles. The van der Waals surface area contributed by atoms with E-state index in [0.29, 0.717) is 32.5 Å². The van der Waals surface area contributed by atoms with Gasteiger partial charge in [-0.2, -0.15) is 0 Å². The molecule has 150 valence electrons. The van der Waals surface area contributed by atoms with Crippen molar-refractivity contribution in [3.8, 4) is 0 Å². The zero-order chi connectivity index (χ0) is 20.1. The number of anilines is 1. The van der Waals surface area contributed by atoms with E-state index >= 15 is 0 Å². The predicted molar refractivity (Wildman–Crippen MR) is 115 cm³/mol. The molecule has 1 fully saturated rings. The predicted octanol–water partition coefficient (Wildman–Crippen LogP) is 3.77. The summed E-state index contributed by atoms with van der Waals surface area (Å²) in [5.41, 5.74) is 3.14. The van der Waals surface area contributed by atoms with Gasteiger partial charge in [0.25, 0.3) is 0 Å². The van der Waals surface area contributed by atoms with Crippen LogP contribution in [0.5, 0.6) is 0 Å². The number of benzene rings is 2. The molecule has 6 heteroatoms. The standard InChI is InChI=1S/C23H26N4O2/c28-22(26-19-6-2-1-3-7-19)17-11-14-27(15-12-17)23(29)24-13-10-18-16-25-21-9-5-4-8-20(18)21/h1-9,16-17,25H,10-15H2,(H,24,29)(H,26,28). The second-order valence-electron chi connectivity index (χ2n) is 7.46. The number of amides is 3. The summed E-state index contributed by atoms with van der Waals surface area (Å²) in [6.07, 6.45) is 4.17. The number of nitrogens with one attached hydrogen (secondary N) is 3. The lowest BCUT2D eigenvalue weighted by molar-refractivity contribution is -0.121. The molecule has 0 aliphatic carbocycles. The summed E-state index contributed by atoms with van der Waals surface area (Å²) in [6.45, 7) is 1.80. The Bertz CT molecular complexity index is 975. The fourth-order valence-corrected chi connectivity index (χ4v) is 3.86. The van der Waals surface area contributed by atoms with Gasteiger partial charge in [-0.1, -0.05) is 36.4 Å². The van der Waals surface area contributed by atoms with Crippen LogP contribution in [0.1, 0.15) is 18.4 Å². The number of likely N-dealkylation sites (tertiary alicyclic amines) is 1. The zero-order valence-corrected chi connectivity index (χ0v) is 16.4. The molecule has 6 nitrogen and oxygen atoms in total. The van der Waals surface area contributed by atoms with Gasteiger partial charge in [-0.05, 0) is 43.0 Å². The molecule has 1 saturated heterocycles. The Kier molecular flexibility index (Phi) is 5.79. The average Bonchev–Trinajstić information content (AvgIpc) is 3.18. The molecule has 3 amide bonds. The van der Waals surface area contributed by atoms with Gasteiger partial charge in [0.15, 0.2) is 0 Å². The highest BCUT2D eigenvalue weighted by atomic mass is 16.2. The van der Waals surface area contributed by atoms with Gasteiger partial charge in [0.05, 0.1) is 0 Å². The summed E-state index contributed by atoms with van der Waals surface area (Å²) in [5, 5.41) is 7.17. The van der Waals surface area contributed by atoms with Crippen molar-refractivity contribution in [3.05, 3.63) is 66.4 Å². The van der Waals surface area contributed by atoms with Crippen molar-refractivity contribution in [3.63, 3.8) is 0 Å². The molecule has 0 unspecified atom stereocenters. The highest BCUT2D eigenvalue weighted by molar-refractivity contribution is 5.92. The van der Waals surface area contributed by atoms with Gasteiger partial charge in [0.1, 0.15) is 0 Å². The van der Waals surface area contributed by atoms with Crippen molar-refractivity contribution < 1.29 is 9.59 Å². The maximum absolute atomic E-state index is 12.5. The molecule has 2 heterocycles. The maximum atomic E-state index is 12.5. The van der Waals surface area contributed by atoms with E-state index in [2.05, 4.69) is 27.8 Å². The number of fused-ring (bicyclic) bond motifs is 1. The van der Waals surface area contributed by atoms with E-state index in [1.807, 2.05) is 53.6 Å². The fourth-order valence-electron chi connectivity index (χ4n) is 3.86. The molecule has 0 bridgehead atoms. The van der Waals surface area contributed by atoms with Gasteiger partial charge in [0.2, 0.25) is 5.91 Å². The van der Waals surface area contributed by atoms with Gasteiger partial charge in [-0.15, -0.1) is 0 Å². The van der Waals surface area contributed by atoms with Crippen LogP contribution in [0.2, 0.25) is 0 Å². The van der Waals surface area contributed by atoms with Crippen LogP contribution in [0.25, 0.3) is 10.9 Å².